The van der Waals surface area contributed by atoms with E-state index in [1.54, 1.807) is 0 Å². The molecule has 0 aromatic heterocycles. The number of ketones is 1. The lowest BCUT2D eigenvalue weighted by Crippen LogP contribution is -2.64. The van der Waals surface area contributed by atoms with Crippen LogP contribution in [0.1, 0.15) is 33.6 Å². The molecule has 0 spiro atoms. The second kappa shape index (κ2) is 10.4. The molecule has 3 atom stereocenters. The summed E-state index contributed by atoms with van der Waals surface area (Å²) in [7, 11) is -1.21. The van der Waals surface area contributed by atoms with Gasteiger partial charge in [-0.2, -0.15) is 0 Å². The number of rotatable bonds is 9. The lowest BCUT2D eigenvalue weighted by Gasteiger charge is -2.46. The summed E-state index contributed by atoms with van der Waals surface area (Å²) in [4.78, 5) is 39.0. The summed E-state index contributed by atoms with van der Waals surface area (Å²) in [6, 6.07) is -0.198. The Morgan fingerprint density at radius 3 is 2.67 bits per heavy atom. The topological polar surface area (TPSA) is 84.9 Å². The third kappa shape index (κ3) is 6.28. The molecule has 0 aromatic carbocycles. The van der Waals surface area contributed by atoms with Gasteiger partial charge >= 0.3 is 6.09 Å². The highest BCUT2D eigenvalue weighted by atomic mass is 28.3. The fraction of sp³-hybridized carbons (Fsp3) is 0.682. The minimum absolute atomic E-state index is 0.00555. The zero-order valence-corrected chi connectivity index (χ0v) is 20.1. The van der Waals surface area contributed by atoms with Gasteiger partial charge in [0.2, 0.25) is 5.91 Å². The standard InChI is InChI=1S/C22H36N2O5Si/c1-7-11-28-21(27)24-10-8-9-15(13-24)18(25)12-17-19(20(26)23-17)16(22(2,3)4)14-29-30(5)6/h7,9,16-17,19,30H,1,8,10-14H2,2-6H3,(H,23,26)/t16-,17-,19+/m1/s1. The van der Waals surface area contributed by atoms with Gasteiger partial charge in [0.05, 0.1) is 12.5 Å². The average Bonchev–Trinajstić information content (AvgIpc) is 2.67. The summed E-state index contributed by atoms with van der Waals surface area (Å²) in [6.45, 7) is 15.6. The number of nitrogens with one attached hydrogen (secondary N) is 1. The van der Waals surface area contributed by atoms with Gasteiger partial charge in [0.15, 0.2) is 14.8 Å². The number of hydrogen-bond donors (Lipinski definition) is 1. The summed E-state index contributed by atoms with van der Waals surface area (Å²) in [6.07, 6.45) is 3.82. The van der Waals surface area contributed by atoms with Crippen LogP contribution in [0.3, 0.4) is 0 Å². The summed E-state index contributed by atoms with van der Waals surface area (Å²) in [5, 5.41) is 2.92. The molecule has 0 aliphatic carbocycles. The molecule has 0 unspecified atom stereocenters. The molecule has 2 heterocycles. The molecular formula is C22H36N2O5Si. The maximum atomic E-state index is 12.9. The molecule has 1 fully saturated rings. The maximum absolute atomic E-state index is 12.9. The number of Topliss-reactive ketones (excluding diaryl/α,β-unsaturated/α-hetero) is 1. The Balaban J connectivity index is 2.01. The highest BCUT2D eigenvalue weighted by molar-refractivity contribution is 6.48. The predicted octanol–water partition coefficient (Wildman–Crippen LogP) is 2.68. The molecule has 0 radical (unpaired) electrons. The van der Waals surface area contributed by atoms with Crippen molar-refractivity contribution in [2.45, 2.75) is 52.7 Å². The van der Waals surface area contributed by atoms with Crippen molar-refractivity contribution in [3.63, 3.8) is 0 Å². The second-order valence-electron chi connectivity index (χ2n) is 9.43. The van der Waals surface area contributed by atoms with E-state index in [4.69, 9.17) is 9.16 Å². The molecule has 0 bridgehead atoms. The fourth-order valence-electron chi connectivity index (χ4n) is 3.94. The first-order valence-electron chi connectivity index (χ1n) is 10.7. The molecule has 2 aliphatic heterocycles. The van der Waals surface area contributed by atoms with Gasteiger partial charge in [-0.3, -0.25) is 9.59 Å². The molecule has 7 nitrogen and oxygen atoms in total. The number of nitrogens with zero attached hydrogens (tertiary/aromatic N) is 1. The first-order chi connectivity index (χ1) is 14.0. The number of carbonyl (C=O) groups excluding carboxylic acids is 3. The second-order valence-corrected chi connectivity index (χ2v) is 11.9. The van der Waals surface area contributed by atoms with E-state index in [-0.39, 0.29) is 54.6 Å². The summed E-state index contributed by atoms with van der Waals surface area (Å²) in [5.41, 5.74) is 0.498. The highest BCUT2D eigenvalue weighted by Crippen LogP contribution is 2.39. The Bertz CT molecular complexity index is 698. The van der Waals surface area contributed by atoms with E-state index in [0.29, 0.717) is 25.1 Å². The predicted molar refractivity (Wildman–Crippen MR) is 119 cm³/mol. The Kier molecular flexibility index (Phi) is 8.43. The molecule has 8 heteroatoms. The smallest absolute Gasteiger partial charge is 0.410 e. The van der Waals surface area contributed by atoms with Crippen molar-refractivity contribution in [2.24, 2.45) is 17.3 Å². The van der Waals surface area contributed by atoms with Gasteiger partial charge < -0.3 is 19.4 Å². The van der Waals surface area contributed by atoms with Crippen LogP contribution in [0.2, 0.25) is 13.1 Å². The van der Waals surface area contributed by atoms with Gasteiger partial charge in [0, 0.05) is 31.2 Å². The quantitative estimate of drug-likeness (QED) is 0.341. The Morgan fingerprint density at radius 2 is 2.10 bits per heavy atom. The minimum atomic E-state index is -1.21. The van der Waals surface area contributed by atoms with Crippen LogP contribution in [0.25, 0.3) is 0 Å². The Morgan fingerprint density at radius 1 is 1.40 bits per heavy atom. The van der Waals surface area contributed by atoms with Crippen LogP contribution in [-0.2, 0) is 18.8 Å². The largest absolute Gasteiger partial charge is 0.445 e. The van der Waals surface area contributed by atoms with Gasteiger partial charge in [-0.25, -0.2) is 4.79 Å². The first-order valence-corrected chi connectivity index (χ1v) is 13.5. The molecule has 0 saturated carbocycles. The number of ether oxygens (including phenoxy) is 1. The van der Waals surface area contributed by atoms with Crippen molar-refractivity contribution in [3.05, 3.63) is 24.3 Å². The average molecular weight is 437 g/mol. The van der Waals surface area contributed by atoms with Crippen molar-refractivity contribution in [3.8, 4) is 0 Å². The molecular weight excluding hydrogens is 400 g/mol. The van der Waals surface area contributed by atoms with E-state index in [2.05, 4.69) is 45.8 Å². The monoisotopic (exact) mass is 436 g/mol. The maximum Gasteiger partial charge on any atom is 0.410 e. The number of carbonyl (C=O) groups is 3. The van der Waals surface area contributed by atoms with E-state index in [0.717, 1.165) is 0 Å². The molecule has 1 saturated heterocycles. The number of amides is 2. The zero-order chi connectivity index (χ0) is 22.5. The summed E-state index contributed by atoms with van der Waals surface area (Å²) < 4.78 is 11.1. The Labute approximate surface area is 181 Å². The van der Waals surface area contributed by atoms with Crippen molar-refractivity contribution < 1.29 is 23.5 Å². The minimum Gasteiger partial charge on any atom is -0.445 e. The van der Waals surface area contributed by atoms with Crippen molar-refractivity contribution in [1.82, 2.24) is 10.2 Å². The molecule has 0 aromatic rings. The third-order valence-corrected chi connectivity index (χ3v) is 6.58. The molecule has 30 heavy (non-hydrogen) atoms. The van der Waals surface area contributed by atoms with Crippen LogP contribution in [0.5, 0.6) is 0 Å². The van der Waals surface area contributed by atoms with Crippen molar-refractivity contribution in [1.29, 1.82) is 0 Å². The van der Waals surface area contributed by atoms with E-state index in [1.807, 2.05) is 6.08 Å². The van der Waals surface area contributed by atoms with Crippen LogP contribution in [0, 0.1) is 17.3 Å². The molecule has 2 aliphatic rings. The first kappa shape index (κ1) is 24.3. The van der Waals surface area contributed by atoms with Crippen LogP contribution < -0.4 is 5.32 Å². The van der Waals surface area contributed by atoms with Gasteiger partial charge in [0.25, 0.3) is 0 Å². The molecule has 168 valence electrons. The van der Waals surface area contributed by atoms with Crippen LogP contribution in [-0.4, -0.2) is 64.1 Å². The number of hydrogen-bond acceptors (Lipinski definition) is 5. The molecule has 1 N–H and O–H groups in total. The van der Waals surface area contributed by atoms with E-state index in [1.165, 1.54) is 11.0 Å². The van der Waals surface area contributed by atoms with Crippen LogP contribution in [0.4, 0.5) is 4.79 Å². The van der Waals surface area contributed by atoms with Gasteiger partial charge in [-0.1, -0.05) is 39.5 Å². The van der Waals surface area contributed by atoms with Crippen LogP contribution in [0.15, 0.2) is 24.3 Å². The fourth-order valence-corrected chi connectivity index (χ4v) is 4.53. The summed E-state index contributed by atoms with van der Waals surface area (Å²) in [5.74, 6) is -0.226. The SMILES string of the molecule is C=CCOC(=O)N1CCC=C(C(=O)C[C@H]2NC(=O)[C@H]2[C@@H](CO[SiH](C)C)C(C)(C)C)C1. The molecule has 2 rings (SSSR count). The lowest BCUT2D eigenvalue weighted by molar-refractivity contribution is -0.143. The normalized spacial score (nSPS) is 22.7. The van der Waals surface area contributed by atoms with Crippen molar-refractivity contribution >= 4 is 26.8 Å². The molecule has 2 amide bonds. The van der Waals surface area contributed by atoms with Gasteiger partial charge in [-0.15, -0.1) is 0 Å². The zero-order valence-electron chi connectivity index (χ0n) is 18.9. The van der Waals surface area contributed by atoms with Gasteiger partial charge in [-0.05, 0) is 30.8 Å². The Hall–Kier alpha value is -1.93. The van der Waals surface area contributed by atoms with Crippen LogP contribution >= 0.6 is 0 Å². The van der Waals surface area contributed by atoms with E-state index < -0.39 is 15.1 Å². The van der Waals surface area contributed by atoms with Gasteiger partial charge in [0.1, 0.15) is 6.61 Å². The summed E-state index contributed by atoms with van der Waals surface area (Å²) >= 11 is 0. The third-order valence-electron chi connectivity index (χ3n) is 5.72. The van der Waals surface area contributed by atoms with Crippen molar-refractivity contribution in [2.75, 3.05) is 26.3 Å². The highest BCUT2D eigenvalue weighted by Gasteiger charge is 2.49. The lowest BCUT2D eigenvalue weighted by atomic mass is 9.66. The van der Waals surface area contributed by atoms with E-state index in [9.17, 15) is 14.4 Å². The number of β-lactam (4-membered cyclic amide) rings is 1. The van der Waals surface area contributed by atoms with E-state index >= 15 is 0 Å².